The van der Waals surface area contributed by atoms with E-state index in [4.69, 9.17) is 0 Å². The van der Waals surface area contributed by atoms with E-state index in [0.29, 0.717) is 6.42 Å². The number of unbranched alkanes of at least 4 members (excludes halogenated alkanes) is 21. The van der Waals surface area contributed by atoms with Crippen molar-refractivity contribution in [1.82, 2.24) is 5.32 Å². The molecule has 2 unspecified atom stereocenters. The molecule has 0 rings (SSSR count). The maximum Gasteiger partial charge on any atom is 0.267 e. The quantitative estimate of drug-likeness (QED) is 0.0348. The topological polar surface area (TPSA) is 104 Å². The first-order valence-electron chi connectivity index (χ1n) is 19.8. The third-order valence-electron chi connectivity index (χ3n) is 8.73. The highest BCUT2D eigenvalue weighted by molar-refractivity contribution is 7.85. The highest BCUT2D eigenvalue weighted by Crippen LogP contribution is 2.13. The molecule has 0 aromatic carbocycles. The van der Waals surface area contributed by atoms with Crippen LogP contribution < -0.4 is 5.32 Å². The number of aliphatic hydroxyl groups excluding tert-OH is 1. The van der Waals surface area contributed by atoms with E-state index in [9.17, 15) is 22.9 Å². The molecule has 48 heavy (non-hydrogen) atoms. The van der Waals surface area contributed by atoms with Crippen LogP contribution in [0.15, 0.2) is 48.6 Å². The molecule has 7 heteroatoms. The third kappa shape index (κ3) is 35.6. The van der Waals surface area contributed by atoms with Crippen molar-refractivity contribution in [3.05, 3.63) is 48.6 Å². The van der Waals surface area contributed by atoms with Gasteiger partial charge in [-0.05, 0) is 64.2 Å². The summed E-state index contributed by atoms with van der Waals surface area (Å²) in [5.41, 5.74) is 0. The average molecular weight is 694 g/mol. The molecule has 0 aliphatic heterocycles. The van der Waals surface area contributed by atoms with Gasteiger partial charge in [-0.2, -0.15) is 8.42 Å². The average Bonchev–Trinajstić information content (AvgIpc) is 3.05. The number of carbonyl (C=O) groups excluding carboxylic acids is 1. The van der Waals surface area contributed by atoms with E-state index in [1.165, 1.54) is 115 Å². The minimum atomic E-state index is -4.35. The first-order valence-corrected chi connectivity index (χ1v) is 21.4. The van der Waals surface area contributed by atoms with Crippen LogP contribution in [0.1, 0.15) is 187 Å². The van der Waals surface area contributed by atoms with Gasteiger partial charge in [0.2, 0.25) is 5.91 Å². The maximum absolute atomic E-state index is 12.5. The van der Waals surface area contributed by atoms with Crippen LogP contribution in [0.2, 0.25) is 0 Å². The molecule has 0 fully saturated rings. The van der Waals surface area contributed by atoms with E-state index in [0.717, 1.165) is 51.4 Å². The van der Waals surface area contributed by atoms with E-state index in [-0.39, 0.29) is 12.3 Å². The fourth-order valence-corrected chi connectivity index (χ4v) is 6.46. The molecular formula is C41H75NO5S. The first-order chi connectivity index (χ1) is 23.3. The minimum absolute atomic E-state index is 0.278. The number of hydrogen-bond acceptors (Lipinski definition) is 4. The van der Waals surface area contributed by atoms with Crippen molar-refractivity contribution in [2.45, 2.75) is 199 Å². The normalized spacial score (nSPS) is 13.8. The molecular weight excluding hydrogens is 619 g/mol. The number of hydrogen-bond donors (Lipinski definition) is 3. The van der Waals surface area contributed by atoms with Gasteiger partial charge in [-0.3, -0.25) is 9.35 Å². The van der Waals surface area contributed by atoms with Gasteiger partial charge in [0.1, 0.15) is 0 Å². The molecule has 1 amide bonds. The van der Waals surface area contributed by atoms with Crippen molar-refractivity contribution in [3.63, 3.8) is 0 Å². The van der Waals surface area contributed by atoms with Crippen LogP contribution in [-0.2, 0) is 14.9 Å². The van der Waals surface area contributed by atoms with Crippen LogP contribution in [0.3, 0.4) is 0 Å². The Morgan fingerprint density at radius 2 is 0.958 bits per heavy atom. The Labute approximate surface area is 297 Å². The monoisotopic (exact) mass is 694 g/mol. The van der Waals surface area contributed by atoms with Gasteiger partial charge in [-0.1, -0.05) is 165 Å². The van der Waals surface area contributed by atoms with Crippen molar-refractivity contribution in [2.24, 2.45) is 0 Å². The Kier molecular flexibility index (Phi) is 33.9. The lowest BCUT2D eigenvalue weighted by molar-refractivity contribution is -0.122. The van der Waals surface area contributed by atoms with E-state index < -0.39 is 28.0 Å². The maximum atomic E-state index is 12.5. The van der Waals surface area contributed by atoms with E-state index in [1.807, 2.05) is 6.08 Å². The van der Waals surface area contributed by atoms with Crippen LogP contribution in [0, 0.1) is 0 Å². The van der Waals surface area contributed by atoms with Crippen LogP contribution in [0.4, 0.5) is 0 Å². The summed E-state index contributed by atoms with van der Waals surface area (Å²) >= 11 is 0. The number of aliphatic hydroxyl groups is 1. The largest absolute Gasteiger partial charge is 0.387 e. The van der Waals surface area contributed by atoms with Crippen molar-refractivity contribution >= 4 is 16.0 Å². The van der Waals surface area contributed by atoms with Gasteiger partial charge < -0.3 is 10.4 Å². The lowest BCUT2D eigenvalue weighted by Crippen LogP contribution is -2.46. The van der Waals surface area contributed by atoms with Gasteiger partial charge in [0, 0.05) is 6.42 Å². The Balaban J connectivity index is 4.01. The van der Waals surface area contributed by atoms with Gasteiger partial charge in [0.15, 0.2) is 0 Å². The van der Waals surface area contributed by atoms with Crippen molar-refractivity contribution in [2.75, 3.05) is 5.75 Å². The second-order valence-corrected chi connectivity index (χ2v) is 15.0. The molecule has 280 valence electrons. The van der Waals surface area contributed by atoms with Gasteiger partial charge >= 0.3 is 0 Å². The number of rotatable bonds is 35. The number of amides is 1. The molecule has 0 aromatic heterocycles. The van der Waals surface area contributed by atoms with Crippen LogP contribution >= 0.6 is 0 Å². The van der Waals surface area contributed by atoms with Gasteiger partial charge in [-0.15, -0.1) is 0 Å². The Hall–Kier alpha value is -1.70. The lowest BCUT2D eigenvalue weighted by Gasteiger charge is -2.21. The standard InChI is InChI=1S/C41H75NO5S/c1-3-5-7-9-11-13-15-17-19-21-23-25-27-29-31-33-35-37-41(44)42-39(38-48(45,46)47)40(43)36-34-32-30-28-26-24-22-20-18-16-14-12-10-8-6-4-2/h11,13,17,19,26,28,34,36,39-40,43H,3-10,12,14-16,18,20-25,27,29-33,35,37-38H2,1-2H3,(H,42,44)(H,45,46,47)/b13-11-,19-17-,28-26+,36-34+. The molecule has 0 spiro atoms. The van der Waals surface area contributed by atoms with Crippen LogP contribution in [0.5, 0.6) is 0 Å². The second kappa shape index (κ2) is 35.1. The Morgan fingerprint density at radius 3 is 1.48 bits per heavy atom. The van der Waals surface area contributed by atoms with Gasteiger partial charge in [0.25, 0.3) is 10.1 Å². The molecule has 3 N–H and O–H groups in total. The predicted molar refractivity (Wildman–Crippen MR) is 207 cm³/mol. The van der Waals surface area contributed by atoms with Crippen molar-refractivity contribution in [3.8, 4) is 0 Å². The number of allylic oxidation sites excluding steroid dienone is 7. The molecule has 0 bridgehead atoms. The fourth-order valence-electron chi connectivity index (χ4n) is 5.73. The highest BCUT2D eigenvalue weighted by atomic mass is 32.2. The summed E-state index contributed by atoms with van der Waals surface area (Å²) in [7, 11) is -4.35. The second-order valence-electron chi connectivity index (χ2n) is 13.5. The van der Waals surface area contributed by atoms with Crippen LogP contribution in [-0.4, -0.2) is 41.9 Å². The number of carbonyl (C=O) groups is 1. The molecule has 0 aliphatic rings. The summed E-state index contributed by atoms with van der Waals surface area (Å²) in [6.45, 7) is 4.49. The highest BCUT2D eigenvalue weighted by Gasteiger charge is 2.24. The third-order valence-corrected chi connectivity index (χ3v) is 9.51. The smallest absolute Gasteiger partial charge is 0.267 e. The van der Waals surface area contributed by atoms with E-state index in [2.05, 4.69) is 55.6 Å². The Bertz CT molecular complexity index is 940. The molecule has 0 heterocycles. The van der Waals surface area contributed by atoms with Crippen LogP contribution in [0.25, 0.3) is 0 Å². The summed E-state index contributed by atoms with van der Waals surface area (Å²) in [4.78, 5) is 12.5. The summed E-state index contributed by atoms with van der Waals surface area (Å²) in [5.74, 6) is -1.01. The first kappa shape index (κ1) is 46.3. The van der Waals surface area contributed by atoms with E-state index in [1.54, 1.807) is 0 Å². The van der Waals surface area contributed by atoms with Crippen molar-refractivity contribution in [1.29, 1.82) is 0 Å². The lowest BCUT2D eigenvalue weighted by atomic mass is 10.1. The zero-order valence-corrected chi connectivity index (χ0v) is 31.9. The predicted octanol–water partition coefficient (Wildman–Crippen LogP) is 11.5. The molecule has 0 saturated carbocycles. The number of nitrogens with one attached hydrogen (secondary N) is 1. The molecule has 6 nitrogen and oxygen atoms in total. The summed E-state index contributed by atoms with van der Waals surface area (Å²) in [5, 5.41) is 13.2. The van der Waals surface area contributed by atoms with Crippen molar-refractivity contribution < 1.29 is 22.9 Å². The van der Waals surface area contributed by atoms with E-state index >= 15 is 0 Å². The summed E-state index contributed by atoms with van der Waals surface area (Å²) in [6.07, 6.45) is 46.6. The zero-order valence-electron chi connectivity index (χ0n) is 31.1. The van der Waals surface area contributed by atoms with Gasteiger partial charge in [0.05, 0.1) is 17.9 Å². The molecule has 0 radical (unpaired) electrons. The van der Waals surface area contributed by atoms with Gasteiger partial charge in [-0.25, -0.2) is 0 Å². The summed E-state index contributed by atoms with van der Waals surface area (Å²) in [6, 6.07) is -1.08. The molecule has 0 aliphatic carbocycles. The fraction of sp³-hybridized carbons (Fsp3) is 0.780. The minimum Gasteiger partial charge on any atom is -0.387 e. The summed E-state index contributed by atoms with van der Waals surface area (Å²) < 4.78 is 32.4. The SMILES string of the molecule is CCCCC/C=C\C/C=C\CCCCCCCCCC(=O)NC(CS(=O)(=O)O)C(O)/C=C/CC/C=C/CCCCCCCCCCCC. The Morgan fingerprint density at radius 1 is 0.562 bits per heavy atom. The zero-order chi connectivity index (χ0) is 35.4. The molecule has 2 atom stereocenters. The molecule has 0 saturated heterocycles. The molecule has 0 aromatic rings.